The van der Waals surface area contributed by atoms with Crippen molar-refractivity contribution >= 4 is 21.9 Å². The van der Waals surface area contributed by atoms with Gasteiger partial charge in [-0.05, 0) is 47.0 Å². The van der Waals surface area contributed by atoms with Gasteiger partial charge in [-0.3, -0.25) is 0 Å². The predicted octanol–water partition coefficient (Wildman–Crippen LogP) is 3.17. The Morgan fingerprint density at radius 2 is 2.06 bits per heavy atom. The average molecular weight is 300 g/mol. The van der Waals surface area contributed by atoms with Crippen LogP contribution >= 0.6 is 15.9 Å². The standard InChI is InChI=1S/C12H18BrN3O/c1-12(2)5-3-8(4-6-12)17-10-9(13)7-15-11(14)16-10/h7-8H,3-6H2,1-2H3,(H2,14,15,16). The van der Waals surface area contributed by atoms with Crippen LogP contribution < -0.4 is 10.5 Å². The van der Waals surface area contributed by atoms with Crippen LogP contribution in [0, 0.1) is 5.41 Å². The third-order valence-electron chi connectivity index (χ3n) is 3.30. The lowest BCUT2D eigenvalue weighted by Crippen LogP contribution is -2.28. The molecule has 1 aliphatic rings. The molecule has 1 heterocycles. The largest absolute Gasteiger partial charge is 0.473 e. The maximum absolute atomic E-state index is 5.88. The van der Waals surface area contributed by atoms with E-state index in [9.17, 15) is 0 Å². The van der Waals surface area contributed by atoms with Gasteiger partial charge in [0.15, 0.2) is 0 Å². The summed E-state index contributed by atoms with van der Waals surface area (Å²) in [7, 11) is 0. The fraction of sp³-hybridized carbons (Fsp3) is 0.667. The molecule has 4 nitrogen and oxygen atoms in total. The number of aromatic nitrogens is 2. The van der Waals surface area contributed by atoms with Gasteiger partial charge in [-0.25, -0.2) is 4.98 Å². The third kappa shape index (κ3) is 3.31. The highest BCUT2D eigenvalue weighted by molar-refractivity contribution is 9.10. The second-order valence-corrected chi connectivity index (χ2v) is 6.22. The molecule has 0 atom stereocenters. The number of hydrogen-bond donors (Lipinski definition) is 1. The molecule has 1 fully saturated rings. The first kappa shape index (κ1) is 12.6. The number of nitrogens with zero attached hydrogens (tertiary/aromatic N) is 2. The molecule has 1 aromatic heterocycles. The number of anilines is 1. The number of ether oxygens (including phenoxy) is 1. The number of nitrogen functional groups attached to an aromatic ring is 1. The first-order valence-electron chi connectivity index (χ1n) is 5.91. The maximum atomic E-state index is 5.88. The molecule has 0 spiro atoms. The van der Waals surface area contributed by atoms with Crippen molar-refractivity contribution in [2.75, 3.05) is 5.73 Å². The van der Waals surface area contributed by atoms with Crippen LogP contribution in [0.3, 0.4) is 0 Å². The smallest absolute Gasteiger partial charge is 0.233 e. The van der Waals surface area contributed by atoms with Gasteiger partial charge < -0.3 is 10.5 Å². The summed E-state index contributed by atoms with van der Waals surface area (Å²) in [5.41, 5.74) is 6.00. The molecule has 17 heavy (non-hydrogen) atoms. The zero-order chi connectivity index (χ0) is 12.5. The van der Waals surface area contributed by atoms with Crippen LogP contribution in [-0.2, 0) is 0 Å². The normalized spacial score (nSPS) is 20.2. The highest BCUT2D eigenvalue weighted by Crippen LogP contribution is 2.37. The summed E-state index contributed by atoms with van der Waals surface area (Å²) in [5.74, 6) is 0.807. The monoisotopic (exact) mass is 299 g/mol. The van der Waals surface area contributed by atoms with Crippen LogP contribution in [-0.4, -0.2) is 16.1 Å². The molecule has 0 amide bonds. The molecule has 0 radical (unpaired) electrons. The second kappa shape index (κ2) is 4.80. The fourth-order valence-corrected chi connectivity index (χ4v) is 2.38. The van der Waals surface area contributed by atoms with Crippen LogP contribution in [0.5, 0.6) is 5.88 Å². The Hall–Kier alpha value is -0.840. The summed E-state index contributed by atoms with van der Waals surface area (Å²) >= 11 is 3.37. The van der Waals surface area contributed by atoms with E-state index >= 15 is 0 Å². The minimum atomic E-state index is 0.244. The Morgan fingerprint density at radius 1 is 1.41 bits per heavy atom. The lowest BCUT2D eigenvalue weighted by molar-refractivity contribution is 0.0942. The van der Waals surface area contributed by atoms with Gasteiger partial charge in [-0.2, -0.15) is 4.98 Å². The van der Waals surface area contributed by atoms with Gasteiger partial charge in [0.1, 0.15) is 6.10 Å². The summed E-state index contributed by atoms with van der Waals surface area (Å²) < 4.78 is 6.64. The minimum Gasteiger partial charge on any atom is -0.473 e. The molecule has 2 N–H and O–H groups in total. The van der Waals surface area contributed by atoms with Crippen molar-refractivity contribution < 1.29 is 4.74 Å². The molecule has 1 aromatic rings. The Morgan fingerprint density at radius 3 is 2.71 bits per heavy atom. The Kier molecular flexibility index (Phi) is 3.56. The molecule has 1 aliphatic carbocycles. The van der Waals surface area contributed by atoms with Crippen molar-refractivity contribution in [1.29, 1.82) is 0 Å². The topological polar surface area (TPSA) is 61.0 Å². The van der Waals surface area contributed by atoms with Crippen molar-refractivity contribution in [1.82, 2.24) is 9.97 Å². The molecule has 0 unspecified atom stereocenters. The molecular weight excluding hydrogens is 282 g/mol. The van der Waals surface area contributed by atoms with E-state index in [1.807, 2.05) is 0 Å². The van der Waals surface area contributed by atoms with Gasteiger partial charge in [-0.1, -0.05) is 13.8 Å². The van der Waals surface area contributed by atoms with Gasteiger partial charge in [0.05, 0.1) is 10.7 Å². The van der Waals surface area contributed by atoms with Gasteiger partial charge in [0, 0.05) is 0 Å². The molecule has 2 rings (SSSR count). The third-order valence-corrected chi connectivity index (χ3v) is 3.84. The first-order valence-corrected chi connectivity index (χ1v) is 6.70. The number of hydrogen-bond acceptors (Lipinski definition) is 4. The van der Waals surface area contributed by atoms with Gasteiger partial charge in [-0.15, -0.1) is 0 Å². The summed E-state index contributed by atoms with van der Waals surface area (Å²) in [6.45, 7) is 4.61. The van der Waals surface area contributed by atoms with Crippen molar-refractivity contribution in [2.45, 2.75) is 45.6 Å². The predicted molar refractivity (Wildman–Crippen MR) is 70.8 cm³/mol. The van der Waals surface area contributed by atoms with Crippen LogP contribution in [0.15, 0.2) is 10.7 Å². The van der Waals surface area contributed by atoms with Gasteiger partial charge >= 0.3 is 0 Å². The molecule has 5 heteroatoms. The summed E-state index contributed by atoms with van der Waals surface area (Å²) in [4.78, 5) is 8.00. The van der Waals surface area contributed by atoms with E-state index in [1.54, 1.807) is 6.20 Å². The van der Waals surface area contributed by atoms with Gasteiger partial charge in [0.25, 0.3) is 0 Å². The summed E-state index contributed by atoms with van der Waals surface area (Å²) in [6, 6.07) is 0. The summed E-state index contributed by atoms with van der Waals surface area (Å²) in [6.07, 6.45) is 6.40. The van der Waals surface area contributed by atoms with Crippen LogP contribution in [0.25, 0.3) is 0 Å². The highest BCUT2D eigenvalue weighted by atomic mass is 79.9. The van der Waals surface area contributed by atoms with E-state index in [-0.39, 0.29) is 12.1 Å². The molecule has 94 valence electrons. The van der Waals surface area contributed by atoms with E-state index in [1.165, 1.54) is 12.8 Å². The van der Waals surface area contributed by atoms with E-state index in [0.29, 0.717) is 11.3 Å². The Labute approximate surface area is 110 Å². The molecule has 0 aromatic carbocycles. The van der Waals surface area contributed by atoms with Crippen molar-refractivity contribution in [3.63, 3.8) is 0 Å². The molecule has 1 saturated carbocycles. The van der Waals surface area contributed by atoms with E-state index in [0.717, 1.165) is 17.3 Å². The highest BCUT2D eigenvalue weighted by Gasteiger charge is 2.28. The zero-order valence-corrected chi connectivity index (χ0v) is 11.8. The molecule has 0 aliphatic heterocycles. The van der Waals surface area contributed by atoms with Gasteiger partial charge in [0.2, 0.25) is 11.8 Å². The fourth-order valence-electron chi connectivity index (χ4n) is 2.10. The average Bonchev–Trinajstić information content (AvgIpc) is 2.26. The quantitative estimate of drug-likeness (QED) is 0.911. The lowest BCUT2D eigenvalue weighted by atomic mass is 9.76. The van der Waals surface area contributed by atoms with Crippen molar-refractivity contribution in [3.8, 4) is 5.88 Å². The van der Waals surface area contributed by atoms with Crippen LogP contribution in [0.4, 0.5) is 5.95 Å². The number of rotatable bonds is 2. The maximum Gasteiger partial charge on any atom is 0.233 e. The Bertz CT molecular complexity index is 399. The zero-order valence-electron chi connectivity index (χ0n) is 10.2. The number of halogens is 1. The summed E-state index contributed by atoms with van der Waals surface area (Å²) in [5, 5.41) is 0. The van der Waals surface area contributed by atoms with Crippen molar-refractivity contribution in [2.24, 2.45) is 5.41 Å². The van der Waals surface area contributed by atoms with Crippen molar-refractivity contribution in [3.05, 3.63) is 10.7 Å². The van der Waals surface area contributed by atoms with Crippen LogP contribution in [0.2, 0.25) is 0 Å². The second-order valence-electron chi connectivity index (χ2n) is 5.36. The Balaban J connectivity index is 2.00. The minimum absolute atomic E-state index is 0.244. The lowest BCUT2D eigenvalue weighted by Gasteiger charge is -2.34. The molecule has 0 bridgehead atoms. The van der Waals surface area contributed by atoms with E-state index in [4.69, 9.17) is 10.5 Å². The van der Waals surface area contributed by atoms with E-state index < -0.39 is 0 Å². The molecular formula is C12H18BrN3O. The number of nitrogens with two attached hydrogens (primary N) is 1. The van der Waals surface area contributed by atoms with E-state index in [2.05, 4.69) is 39.7 Å². The molecule has 0 saturated heterocycles. The SMILES string of the molecule is CC1(C)CCC(Oc2nc(N)ncc2Br)CC1. The van der Waals surface area contributed by atoms with Crippen LogP contribution in [0.1, 0.15) is 39.5 Å². The first-order chi connectivity index (χ1) is 7.96.